The Morgan fingerprint density at radius 1 is 0.778 bits per heavy atom. The minimum atomic E-state index is -0.969. The van der Waals surface area contributed by atoms with E-state index in [1.807, 2.05) is 0 Å². The van der Waals surface area contributed by atoms with Crippen LogP contribution >= 0.6 is 0 Å². The summed E-state index contributed by atoms with van der Waals surface area (Å²) < 4.78 is 4.96. The van der Waals surface area contributed by atoms with E-state index in [1.165, 1.54) is 44.9 Å². The van der Waals surface area contributed by atoms with Crippen molar-refractivity contribution in [2.75, 3.05) is 13.2 Å². The molecule has 27 heavy (non-hydrogen) atoms. The van der Waals surface area contributed by atoms with Gasteiger partial charge < -0.3 is 14.9 Å². The lowest BCUT2D eigenvalue weighted by Crippen LogP contribution is -2.22. The van der Waals surface area contributed by atoms with E-state index in [2.05, 4.69) is 34.6 Å². The molecule has 4 nitrogen and oxygen atoms in total. The van der Waals surface area contributed by atoms with Gasteiger partial charge in [0.25, 0.3) is 0 Å². The number of hydrogen-bond donors (Lipinski definition) is 2. The van der Waals surface area contributed by atoms with Crippen molar-refractivity contribution in [1.82, 2.24) is 0 Å². The van der Waals surface area contributed by atoms with Crippen LogP contribution in [0, 0.1) is 23.7 Å². The Bertz CT molecular complexity index is 356. The van der Waals surface area contributed by atoms with Crippen LogP contribution in [0.4, 0.5) is 0 Å². The first-order valence-electron chi connectivity index (χ1n) is 11.2. The lowest BCUT2D eigenvalue weighted by molar-refractivity contribution is -0.148. The van der Waals surface area contributed by atoms with Crippen LogP contribution in [0.1, 0.15) is 98.8 Å². The van der Waals surface area contributed by atoms with Crippen LogP contribution in [0.2, 0.25) is 0 Å². The Hall–Kier alpha value is -0.610. The fourth-order valence-electron chi connectivity index (χ4n) is 3.48. The molecule has 0 aliphatic rings. The zero-order chi connectivity index (χ0) is 20.7. The molecule has 0 bridgehead atoms. The van der Waals surface area contributed by atoms with Crippen LogP contribution in [-0.2, 0) is 9.53 Å². The van der Waals surface area contributed by atoms with Gasteiger partial charge in [0, 0.05) is 6.42 Å². The predicted octanol–water partition coefficient (Wildman–Crippen LogP) is 5.35. The molecule has 0 fully saturated rings. The Labute approximate surface area is 168 Å². The molecular weight excluding hydrogens is 340 g/mol. The van der Waals surface area contributed by atoms with Crippen molar-refractivity contribution in [2.45, 2.75) is 105 Å². The van der Waals surface area contributed by atoms with Crippen LogP contribution in [0.25, 0.3) is 0 Å². The maximum atomic E-state index is 11.7. The first-order chi connectivity index (χ1) is 12.7. The van der Waals surface area contributed by atoms with E-state index in [0.717, 1.165) is 30.6 Å². The van der Waals surface area contributed by atoms with E-state index in [9.17, 15) is 9.90 Å². The van der Waals surface area contributed by atoms with Crippen molar-refractivity contribution in [3.8, 4) is 0 Å². The largest absolute Gasteiger partial charge is 0.463 e. The summed E-state index contributed by atoms with van der Waals surface area (Å²) in [6.07, 6.45) is 10.9. The molecule has 0 spiro atoms. The minimum Gasteiger partial charge on any atom is -0.463 e. The number of rotatable bonds is 17. The lowest BCUT2D eigenvalue weighted by atomic mass is 9.91. The first-order valence-corrected chi connectivity index (χ1v) is 11.2. The number of esters is 1. The zero-order valence-electron chi connectivity index (χ0n) is 18.6. The highest BCUT2D eigenvalue weighted by atomic mass is 16.5. The van der Waals surface area contributed by atoms with E-state index in [-0.39, 0.29) is 19.2 Å². The van der Waals surface area contributed by atoms with Crippen molar-refractivity contribution in [3.63, 3.8) is 0 Å². The summed E-state index contributed by atoms with van der Waals surface area (Å²) in [6, 6.07) is 0. The standard InChI is InChI=1S/C23H46O4/c1-18(2)9-6-10-19(3)11-7-12-20(4)13-8-14-21(5)15-23(26)27-17-22(25)16-24/h18-22,24-25H,6-17H2,1-5H3. The molecule has 0 heterocycles. The molecule has 0 aromatic carbocycles. The maximum absolute atomic E-state index is 11.7. The van der Waals surface area contributed by atoms with Gasteiger partial charge in [-0.25, -0.2) is 0 Å². The third kappa shape index (κ3) is 17.2. The molecule has 4 heteroatoms. The quantitative estimate of drug-likeness (QED) is 0.331. The summed E-state index contributed by atoms with van der Waals surface area (Å²) in [4.78, 5) is 11.7. The summed E-state index contributed by atoms with van der Waals surface area (Å²) in [5.41, 5.74) is 0. The molecule has 0 rings (SSSR count). The number of hydrogen-bond acceptors (Lipinski definition) is 4. The molecule has 4 unspecified atom stereocenters. The summed E-state index contributed by atoms with van der Waals surface area (Å²) in [5, 5.41) is 17.9. The van der Waals surface area contributed by atoms with Crippen LogP contribution < -0.4 is 0 Å². The van der Waals surface area contributed by atoms with Gasteiger partial charge in [0.1, 0.15) is 12.7 Å². The van der Waals surface area contributed by atoms with Gasteiger partial charge in [-0.1, -0.05) is 92.4 Å². The minimum absolute atomic E-state index is 0.116. The molecule has 4 atom stereocenters. The van der Waals surface area contributed by atoms with Crippen molar-refractivity contribution >= 4 is 5.97 Å². The van der Waals surface area contributed by atoms with E-state index < -0.39 is 6.10 Å². The highest BCUT2D eigenvalue weighted by Crippen LogP contribution is 2.22. The molecule has 0 aromatic rings. The smallest absolute Gasteiger partial charge is 0.306 e. The molecule has 2 N–H and O–H groups in total. The molecule has 0 aliphatic heterocycles. The third-order valence-corrected chi connectivity index (χ3v) is 5.43. The number of carbonyl (C=O) groups excluding carboxylic acids is 1. The van der Waals surface area contributed by atoms with Gasteiger partial charge in [0.2, 0.25) is 0 Å². The van der Waals surface area contributed by atoms with Crippen molar-refractivity contribution in [1.29, 1.82) is 0 Å². The van der Waals surface area contributed by atoms with Crippen molar-refractivity contribution < 1.29 is 19.7 Å². The monoisotopic (exact) mass is 386 g/mol. The summed E-state index contributed by atoms with van der Waals surface area (Å²) in [7, 11) is 0. The van der Waals surface area contributed by atoms with Crippen LogP contribution in [-0.4, -0.2) is 35.5 Å². The van der Waals surface area contributed by atoms with E-state index >= 15 is 0 Å². The molecule has 0 aromatic heterocycles. The van der Waals surface area contributed by atoms with Gasteiger partial charge in [-0.15, -0.1) is 0 Å². The molecule has 0 radical (unpaired) electrons. The second kappa shape index (κ2) is 16.4. The molecule has 0 saturated carbocycles. The van der Waals surface area contributed by atoms with Crippen molar-refractivity contribution in [3.05, 3.63) is 0 Å². The summed E-state index contributed by atoms with van der Waals surface area (Å²) >= 11 is 0. The van der Waals surface area contributed by atoms with Crippen LogP contribution in [0.15, 0.2) is 0 Å². The van der Waals surface area contributed by atoms with E-state index in [1.54, 1.807) is 0 Å². The molecule has 0 aliphatic carbocycles. The molecule has 0 saturated heterocycles. The average Bonchev–Trinajstić information content (AvgIpc) is 2.59. The Morgan fingerprint density at radius 3 is 1.67 bits per heavy atom. The fourth-order valence-corrected chi connectivity index (χ4v) is 3.48. The zero-order valence-corrected chi connectivity index (χ0v) is 18.6. The fraction of sp³-hybridized carbons (Fsp3) is 0.957. The van der Waals surface area contributed by atoms with Gasteiger partial charge in [-0.05, 0) is 23.7 Å². The Morgan fingerprint density at radius 2 is 1.22 bits per heavy atom. The topological polar surface area (TPSA) is 66.8 Å². The van der Waals surface area contributed by atoms with Crippen molar-refractivity contribution in [2.24, 2.45) is 23.7 Å². The first kappa shape index (κ1) is 26.4. The highest BCUT2D eigenvalue weighted by molar-refractivity contribution is 5.69. The third-order valence-electron chi connectivity index (χ3n) is 5.43. The molecular formula is C23H46O4. The molecule has 0 amide bonds. The van der Waals surface area contributed by atoms with Gasteiger partial charge in [-0.3, -0.25) is 4.79 Å². The average molecular weight is 387 g/mol. The highest BCUT2D eigenvalue weighted by Gasteiger charge is 2.13. The van der Waals surface area contributed by atoms with Gasteiger partial charge in [0.15, 0.2) is 0 Å². The van der Waals surface area contributed by atoms with E-state index in [0.29, 0.717) is 12.3 Å². The summed E-state index contributed by atoms with van der Waals surface area (Å²) in [6.45, 7) is 10.9. The Kier molecular flexibility index (Phi) is 16.0. The number of aliphatic hydroxyl groups is 2. The maximum Gasteiger partial charge on any atom is 0.306 e. The SMILES string of the molecule is CC(C)CCCC(C)CCCC(C)CCCC(C)CC(=O)OCC(O)CO. The van der Waals surface area contributed by atoms with Gasteiger partial charge >= 0.3 is 5.97 Å². The molecule has 162 valence electrons. The second-order valence-corrected chi connectivity index (χ2v) is 9.23. The second-order valence-electron chi connectivity index (χ2n) is 9.23. The van der Waals surface area contributed by atoms with Crippen LogP contribution in [0.5, 0.6) is 0 Å². The normalized spacial score (nSPS) is 16.1. The van der Waals surface area contributed by atoms with E-state index in [4.69, 9.17) is 9.84 Å². The lowest BCUT2D eigenvalue weighted by Gasteiger charge is -2.16. The van der Waals surface area contributed by atoms with Gasteiger partial charge in [0.05, 0.1) is 6.61 Å². The predicted molar refractivity (Wildman–Crippen MR) is 113 cm³/mol. The number of ether oxygens (including phenoxy) is 1. The van der Waals surface area contributed by atoms with Gasteiger partial charge in [-0.2, -0.15) is 0 Å². The Balaban J connectivity index is 3.66. The number of aliphatic hydroxyl groups excluding tert-OH is 2. The summed E-state index contributed by atoms with van der Waals surface area (Å²) in [5.74, 6) is 2.46. The number of carbonyl (C=O) groups is 1. The van der Waals surface area contributed by atoms with Crippen LogP contribution in [0.3, 0.4) is 0 Å².